The molecule has 17 heavy (non-hydrogen) atoms. The maximum Gasteiger partial charge on any atom is 0.220 e. The lowest BCUT2D eigenvalue weighted by Gasteiger charge is -1.88. The van der Waals surface area contributed by atoms with Crippen LogP contribution in [0.25, 0.3) is 23.3 Å². The molecule has 0 amide bonds. The first-order valence-corrected chi connectivity index (χ1v) is 5.36. The third-order valence-corrected chi connectivity index (χ3v) is 2.39. The van der Waals surface area contributed by atoms with Gasteiger partial charge in [-0.2, -0.15) is 0 Å². The van der Waals surface area contributed by atoms with Gasteiger partial charge in [0.2, 0.25) is 5.89 Å². The van der Waals surface area contributed by atoms with Crippen LogP contribution in [0.5, 0.6) is 0 Å². The van der Waals surface area contributed by atoms with E-state index in [-0.39, 0.29) is 0 Å². The predicted octanol–water partition coefficient (Wildman–Crippen LogP) is 3.39. The summed E-state index contributed by atoms with van der Waals surface area (Å²) in [7, 11) is 0. The van der Waals surface area contributed by atoms with Gasteiger partial charge in [-0.1, -0.05) is 18.2 Å². The maximum atomic E-state index is 5.56. The molecule has 2 aromatic heterocycles. The molecule has 82 valence electrons. The van der Waals surface area contributed by atoms with Gasteiger partial charge in [0.05, 0.1) is 5.69 Å². The van der Waals surface area contributed by atoms with Gasteiger partial charge in [0, 0.05) is 12.3 Å². The minimum absolute atomic E-state index is 0.594. The first kappa shape index (κ1) is 9.78. The standard InChI is InChI=1S/C14H10N2O/c1-2-7-13-12(6-1)16-14(17-13)9-8-11-5-3-4-10-15-11/h1-10H. The van der Waals surface area contributed by atoms with Crippen LogP contribution in [-0.4, -0.2) is 9.97 Å². The number of nitrogens with zero attached hydrogens (tertiary/aromatic N) is 2. The summed E-state index contributed by atoms with van der Waals surface area (Å²) >= 11 is 0. The van der Waals surface area contributed by atoms with Crippen molar-refractivity contribution in [2.75, 3.05) is 0 Å². The lowest BCUT2D eigenvalue weighted by atomic mass is 10.3. The third kappa shape index (κ3) is 2.08. The van der Waals surface area contributed by atoms with Crippen molar-refractivity contribution in [1.29, 1.82) is 0 Å². The van der Waals surface area contributed by atoms with Gasteiger partial charge in [-0.05, 0) is 30.3 Å². The second-order valence-corrected chi connectivity index (χ2v) is 3.61. The molecule has 0 bridgehead atoms. The average Bonchev–Trinajstić information content (AvgIpc) is 2.80. The molecule has 3 aromatic rings. The molecule has 0 saturated heterocycles. The molecule has 1 aromatic carbocycles. The van der Waals surface area contributed by atoms with Crippen molar-refractivity contribution >= 4 is 23.3 Å². The van der Waals surface area contributed by atoms with Crippen molar-refractivity contribution in [3.63, 3.8) is 0 Å². The van der Waals surface area contributed by atoms with Crippen molar-refractivity contribution in [2.24, 2.45) is 0 Å². The van der Waals surface area contributed by atoms with Gasteiger partial charge >= 0.3 is 0 Å². The van der Waals surface area contributed by atoms with Gasteiger partial charge < -0.3 is 4.42 Å². The average molecular weight is 222 g/mol. The topological polar surface area (TPSA) is 38.9 Å². The van der Waals surface area contributed by atoms with Crippen LogP contribution >= 0.6 is 0 Å². The van der Waals surface area contributed by atoms with Crippen molar-refractivity contribution in [1.82, 2.24) is 9.97 Å². The fourth-order valence-corrected chi connectivity index (χ4v) is 1.59. The van der Waals surface area contributed by atoms with Crippen LogP contribution in [0.2, 0.25) is 0 Å². The molecule has 3 heteroatoms. The summed E-state index contributed by atoms with van der Waals surface area (Å²) in [5, 5.41) is 0. The molecular formula is C14H10N2O. The maximum absolute atomic E-state index is 5.56. The Hall–Kier alpha value is -2.42. The quantitative estimate of drug-likeness (QED) is 0.667. The third-order valence-electron chi connectivity index (χ3n) is 2.39. The number of aromatic nitrogens is 2. The molecule has 0 spiro atoms. The monoisotopic (exact) mass is 222 g/mol. The highest BCUT2D eigenvalue weighted by atomic mass is 16.3. The molecule has 0 atom stereocenters. The molecule has 0 fully saturated rings. The lowest BCUT2D eigenvalue weighted by Crippen LogP contribution is -1.76. The molecule has 2 heterocycles. The van der Waals surface area contributed by atoms with Crippen LogP contribution in [-0.2, 0) is 0 Å². The number of oxazole rings is 1. The largest absolute Gasteiger partial charge is 0.437 e. The number of hydrogen-bond donors (Lipinski definition) is 0. The normalized spacial score (nSPS) is 11.3. The lowest BCUT2D eigenvalue weighted by molar-refractivity contribution is 0.589. The van der Waals surface area contributed by atoms with Crippen molar-refractivity contribution in [3.05, 3.63) is 60.2 Å². The van der Waals surface area contributed by atoms with Crippen molar-refractivity contribution in [2.45, 2.75) is 0 Å². The minimum Gasteiger partial charge on any atom is -0.437 e. The summed E-state index contributed by atoms with van der Waals surface area (Å²) < 4.78 is 5.56. The molecule has 0 saturated carbocycles. The van der Waals surface area contributed by atoms with Gasteiger partial charge in [0.1, 0.15) is 5.52 Å². The van der Waals surface area contributed by atoms with E-state index in [4.69, 9.17) is 4.42 Å². The highest BCUT2D eigenvalue weighted by Gasteiger charge is 2.00. The van der Waals surface area contributed by atoms with E-state index in [0.717, 1.165) is 16.8 Å². The van der Waals surface area contributed by atoms with E-state index in [2.05, 4.69) is 9.97 Å². The number of benzene rings is 1. The summed E-state index contributed by atoms with van der Waals surface area (Å²) in [4.78, 5) is 8.54. The molecule has 0 radical (unpaired) electrons. The van der Waals surface area contributed by atoms with Crippen LogP contribution < -0.4 is 0 Å². The van der Waals surface area contributed by atoms with Gasteiger partial charge in [-0.25, -0.2) is 4.98 Å². The summed E-state index contributed by atoms with van der Waals surface area (Å²) in [6.07, 6.45) is 5.46. The summed E-state index contributed by atoms with van der Waals surface area (Å²) in [5.41, 5.74) is 2.55. The molecular weight excluding hydrogens is 212 g/mol. The van der Waals surface area contributed by atoms with E-state index < -0.39 is 0 Å². The fourth-order valence-electron chi connectivity index (χ4n) is 1.59. The SMILES string of the molecule is C(=Cc1nc2ccccc2o1)c1ccccn1. The Morgan fingerprint density at radius 2 is 1.82 bits per heavy atom. The summed E-state index contributed by atoms with van der Waals surface area (Å²) in [6.45, 7) is 0. The van der Waals surface area contributed by atoms with E-state index in [9.17, 15) is 0 Å². The van der Waals surface area contributed by atoms with E-state index in [1.54, 1.807) is 6.20 Å². The second-order valence-electron chi connectivity index (χ2n) is 3.61. The number of rotatable bonds is 2. The van der Waals surface area contributed by atoms with Crippen molar-refractivity contribution < 1.29 is 4.42 Å². The molecule has 0 N–H and O–H groups in total. The molecule has 0 unspecified atom stereocenters. The Morgan fingerprint density at radius 1 is 0.941 bits per heavy atom. The Kier molecular flexibility index (Phi) is 2.43. The van der Waals surface area contributed by atoms with E-state index in [1.165, 1.54) is 0 Å². The van der Waals surface area contributed by atoms with Gasteiger partial charge in [0.25, 0.3) is 0 Å². The van der Waals surface area contributed by atoms with Gasteiger partial charge in [0.15, 0.2) is 5.58 Å². The molecule has 0 aliphatic heterocycles. The van der Waals surface area contributed by atoms with Crippen LogP contribution in [0, 0.1) is 0 Å². The van der Waals surface area contributed by atoms with Gasteiger partial charge in [-0.3, -0.25) is 4.98 Å². The number of para-hydroxylation sites is 2. The molecule has 3 nitrogen and oxygen atoms in total. The Morgan fingerprint density at radius 3 is 2.65 bits per heavy atom. The van der Waals surface area contributed by atoms with Crippen LogP contribution in [0.1, 0.15) is 11.6 Å². The second kappa shape index (κ2) is 4.22. The van der Waals surface area contributed by atoms with E-state index >= 15 is 0 Å². The predicted molar refractivity (Wildman–Crippen MR) is 67.2 cm³/mol. The highest BCUT2D eigenvalue weighted by Crippen LogP contribution is 2.16. The Labute approximate surface area is 98.4 Å². The first-order valence-electron chi connectivity index (χ1n) is 5.36. The Bertz CT molecular complexity index is 623. The number of fused-ring (bicyclic) bond motifs is 1. The molecule has 0 aliphatic carbocycles. The smallest absolute Gasteiger partial charge is 0.220 e. The van der Waals surface area contributed by atoms with E-state index in [1.807, 2.05) is 54.6 Å². The highest BCUT2D eigenvalue weighted by molar-refractivity contribution is 5.75. The fraction of sp³-hybridized carbons (Fsp3) is 0. The molecule has 0 aliphatic rings. The zero-order valence-corrected chi connectivity index (χ0v) is 9.08. The Balaban J connectivity index is 1.92. The van der Waals surface area contributed by atoms with Crippen LogP contribution in [0.3, 0.4) is 0 Å². The summed E-state index contributed by atoms with van der Waals surface area (Å²) in [5.74, 6) is 0.594. The van der Waals surface area contributed by atoms with Crippen LogP contribution in [0.15, 0.2) is 53.1 Å². The number of hydrogen-bond acceptors (Lipinski definition) is 3. The first-order chi connectivity index (χ1) is 8.42. The number of pyridine rings is 1. The zero-order chi connectivity index (χ0) is 11.5. The summed E-state index contributed by atoms with van der Waals surface area (Å²) in [6, 6.07) is 13.5. The van der Waals surface area contributed by atoms with E-state index in [0.29, 0.717) is 5.89 Å². The van der Waals surface area contributed by atoms with Gasteiger partial charge in [-0.15, -0.1) is 0 Å². The van der Waals surface area contributed by atoms with Crippen molar-refractivity contribution in [3.8, 4) is 0 Å². The zero-order valence-electron chi connectivity index (χ0n) is 9.08. The minimum atomic E-state index is 0.594. The van der Waals surface area contributed by atoms with Crippen LogP contribution in [0.4, 0.5) is 0 Å². The molecule has 3 rings (SSSR count).